The Labute approximate surface area is 230 Å². The molecule has 0 aliphatic carbocycles. The molecular formula is C28H28F3N5O3S. The number of methoxy groups -OCH3 is 1. The first-order valence-corrected chi connectivity index (χ1v) is 14.1. The van der Waals surface area contributed by atoms with Gasteiger partial charge in [-0.25, -0.2) is 18.4 Å². The number of anilines is 2. The Morgan fingerprint density at radius 3 is 2.17 bits per heavy atom. The van der Waals surface area contributed by atoms with Gasteiger partial charge in [-0.1, -0.05) is 12.1 Å². The average Bonchev–Trinajstić information content (AvgIpc) is 2.97. The molecule has 0 radical (unpaired) electrons. The standard InChI is InChI=1S/C28H28F3N5O3S/c1-19(35-15-17-36(18-16-35)40(37,38)23-13-7-20(8-14-23)28(29,30)31)26-33-25-6-4-3-5-24(25)27(34-26)32-21-9-11-22(39-2)12-10-21/h3-14,19H,15-18H2,1-2H3,(H,32,33,34)/t19-/m0/s1. The van der Waals surface area contributed by atoms with E-state index in [-0.39, 0.29) is 24.0 Å². The van der Waals surface area contributed by atoms with Crippen molar-refractivity contribution >= 4 is 32.4 Å². The number of nitrogens with zero attached hydrogens (tertiary/aromatic N) is 4. The highest BCUT2D eigenvalue weighted by Gasteiger charge is 2.33. The van der Waals surface area contributed by atoms with Gasteiger partial charge >= 0.3 is 6.18 Å². The monoisotopic (exact) mass is 571 g/mol. The minimum absolute atomic E-state index is 0.158. The van der Waals surface area contributed by atoms with Gasteiger partial charge in [-0.2, -0.15) is 17.5 Å². The number of hydrogen-bond acceptors (Lipinski definition) is 7. The summed E-state index contributed by atoms with van der Waals surface area (Å²) < 4.78 is 71.4. The van der Waals surface area contributed by atoms with Crippen LogP contribution >= 0.6 is 0 Å². The van der Waals surface area contributed by atoms with Gasteiger partial charge in [0, 0.05) is 37.3 Å². The Morgan fingerprint density at radius 1 is 0.900 bits per heavy atom. The number of benzene rings is 3. The summed E-state index contributed by atoms with van der Waals surface area (Å²) in [6.45, 7) is 3.19. The van der Waals surface area contributed by atoms with Crippen molar-refractivity contribution in [1.29, 1.82) is 0 Å². The highest BCUT2D eigenvalue weighted by atomic mass is 32.2. The summed E-state index contributed by atoms with van der Waals surface area (Å²) >= 11 is 0. The zero-order chi connectivity index (χ0) is 28.5. The molecule has 0 saturated carbocycles. The second kappa shape index (κ2) is 11.0. The molecule has 210 valence electrons. The molecule has 1 aliphatic heterocycles. The maximum absolute atomic E-state index is 13.1. The number of fused-ring (bicyclic) bond motifs is 1. The topological polar surface area (TPSA) is 87.7 Å². The number of sulfonamides is 1. The number of nitrogens with one attached hydrogen (secondary N) is 1. The van der Waals surface area contributed by atoms with Crippen LogP contribution in [0.25, 0.3) is 10.9 Å². The summed E-state index contributed by atoms with van der Waals surface area (Å²) in [6, 6.07) is 18.6. The van der Waals surface area contributed by atoms with E-state index in [2.05, 4.69) is 10.2 Å². The molecule has 1 saturated heterocycles. The van der Waals surface area contributed by atoms with Gasteiger partial charge in [0.1, 0.15) is 17.4 Å². The lowest BCUT2D eigenvalue weighted by Gasteiger charge is -2.37. The Morgan fingerprint density at radius 2 is 1.55 bits per heavy atom. The number of piperazine rings is 1. The molecule has 0 amide bonds. The van der Waals surface area contributed by atoms with Gasteiger partial charge in [0.15, 0.2) is 0 Å². The van der Waals surface area contributed by atoms with Gasteiger partial charge < -0.3 is 10.1 Å². The van der Waals surface area contributed by atoms with E-state index in [1.54, 1.807) is 7.11 Å². The molecule has 1 aliphatic rings. The first-order valence-electron chi connectivity index (χ1n) is 12.7. The molecule has 1 N–H and O–H groups in total. The van der Waals surface area contributed by atoms with Gasteiger partial charge in [-0.15, -0.1) is 0 Å². The van der Waals surface area contributed by atoms with Crippen LogP contribution in [-0.2, 0) is 16.2 Å². The van der Waals surface area contributed by atoms with Gasteiger partial charge in [-0.05, 0) is 67.6 Å². The summed E-state index contributed by atoms with van der Waals surface area (Å²) in [4.78, 5) is 11.6. The summed E-state index contributed by atoms with van der Waals surface area (Å²) in [5, 5.41) is 4.23. The van der Waals surface area contributed by atoms with Crippen LogP contribution in [0.4, 0.5) is 24.7 Å². The Kier molecular flexibility index (Phi) is 7.67. The number of alkyl halides is 3. The van der Waals surface area contributed by atoms with E-state index in [4.69, 9.17) is 14.7 Å². The van der Waals surface area contributed by atoms with Gasteiger partial charge in [0.2, 0.25) is 10.0 Å². The molecule has 1 fully saturated rings. The lowest BCUT2D eigenvalue weighted by molar-refractivity contribution is -0.137. The fraction of sp³-hybridized carbons (Fsp3) is 0.286. The zero-order valence-corrected chi connectivity index (χ0v) is 22.7. The third-order valence-electron chi connectivity index (χ3n) is 6.99. The van der Waals surface area contributed by atoms with Crippen molar-refractivity contribution < 1.29 is 26.3 Å². The third-order valence-corrected chi connectivity index (χ3v) is 8.90. The fourth-order valence-electron chi connectivity index (χ4n) is 4.65. The summed E-state index contributed by atoms with van der Waals surface area (Å²) in [7, 11) is -2.31. The van der Waals surface area contributed by atoms with Crippen LogP contribution in [0.1, 0.15) is 24.4 Å². The molecule has 3 aromatic carbocycles. The molecule has 12 heteroatoms. The number of aromatic nitrogens is 2. The molecule has 0 unspecified atom stereocenters. The molecule has 8 nitrogen and oxygen atoms in total. The highest BCUT2D eigenvalue weighted by Crippen LogP contribution is 2.31. The lowest BCUT2D eigenvalue weighted by atomic mass is 10.2. The lowest BCUT2D eigenvalue weighted by Crippen LogP contribution is -2.49. The molecule has 2 heterocycles. The molecule has 4 aromatic rings. The third kappa shape index (κ3) is 5.74. The van der Waals surface area contributed by atoms with Gasteiger partial charge in [-0.3, -0.25) is 4.90 Å². The minimum atomic E-state index is -4.53. The summed E-state index contributed by atoms with van der Waals surface area (Å²) in [6.07, 6.45) is -4.53. The van der Waals surface area contributed by atoms with Crippen LogP contribution in [-0.4, -0.2) is 60.9 Å². The Balaban J connectivity index is 1.32. The number of para-hydroxylation sites is 1. The van der Waals surface area contributed by atoms with Crippen molar-refractivity contribution in [3.8, 4) is 5.75 Å². The summed E-state index contributed by atoms with van der Waals surface area (Å²) in [5.41, 5.74) is 0.727. The molecular weight excluding hydrogens is 543 g/mol. The molecule has 1 aromatic heterocycles. The largest absolute Gasteiger partial charge is 0.497 e. The van der Waals surface area contributed by atoms with Crippen molar-refractivity contribution in [2.24, 2.45) is 0 Å². The quantitative estimate of drug-likeness (QED) is 0.315. The second-order valence-corrected chi connectivity index (χ2v) is 11.4. The van der Waals surface area contributed by atoms with E-state index in [1.165, 1.54) is 4.31 Å². The predicted octanol–water partition coefficient (Wildman–Crippen LogP) is 5.47. The number of halogens is 3. The first kappa shape index (κ1) is 27.8. The predicted molar refractivity (Wildman–Crippen MR) is 146 cm³/mol. The highest BCUT2D eigenvalue weighted by molar-refractivity contribution is 7.89. The Bertz CT molecular complexity index is 1590. The van der Waals surface area contributed by atoms with Crippen molar-refractivity contribution in [2.45, 2.75) is 24.0 Å². The van der Waals surface area contributed by atoms with Crippen LogP contribution < -0.4 is 10.1 Å². The fourth-order valence-corrected chi connectivity index (χ4v) is 6.07. The van der Waals surface area contributed by atoms with Crippen molar-refractivity contribution in [3.63, 3.8) is 0 Å². The summed E-state index contributed by atoms with van der Waals surface area (Å²) in [5.74, 6) is 1.99. The zero-order valence-electron chi connectivity index (χ0n) is 21.9. The second-order valence-electron chi connectivity index (χ2n) is 9.44. The van der Waals surface area contributed by atoms with Gasteiger partial charge in [0.25, 0.3) is 0 Å². The van der Waals surface area contributed by atoms with E-state index < -0.39 is 21.8 Å². The van der Waals surface area contributed by atoms with E-state index in [0.717, 1.165) is 46.6 Å². The van der Waals surface area contributed by atoms with Crippen molar-refractivity contribution in [2.75, 3.05) is 38.6 Å². The van der Waals surface area contributed by atoms with Crippen LogP contribution in [0, 0.1) is 0 Å². The van der Waals surface area contributed by atoms with Crippen LogP contribution in [0.5, 0.6) is 5.75 Å². The SMILES string of the molecule is COc1ccc(Nc2nc([C@H](C)N3CCN(S(=O)(=O)c4ccc(C(F)(F)F)cc4)CC3)nc3ccccc23)cc1. The molecule has 0 bridgehead atoms. The normalized spacial score (nSPS) is 16.1. The van der Waals surface area contributed by atoms with Crippen molar-refractivity contribution in [3.05, 3.63) is 84.2 Å². The smallest absolute Gasteiger partial charge is 0.416 e. The van der Waals surface area contributed by atoms with E-state index >= 15 is 0 Å². The maximum Gasteiger partial charge on any atom is 0.416 e. The number of rotatable bonds is 7. The molecule has 5 rings (SSSR count). The average molecular weight is 572 g/mol. The van der Waals surface area contributed by atoms with Crippen LogP contribution in [0.3, 0.4) is 0 Å². The molecule has 0 spiro atoms. The molecule has 40 heavy (non-hydrogen) atoms. The van der Waals surface area contributed by atoms with Crippen LogP contribution in [0.2, 0.25) is 0 Å². The number of hydrogen-bond donors (Lipinski definition) is 1. The first-order chi connectivity index (χ1) is 19.1. The maximum atomic E-state index is 13.1. The van der Waals surface area contributed by atoms with E-state index in [9.17, 15) is 21.6 Å². The van der Waals surface area contributed by atoms with Gasteiger partial charge in [0.05, 0.1) is 29.1 Å². The van der Waals surface area contributed by atoms with E-state index in [1.807, 2.05) is 55.5 Å². The molecule has 1 atom stereocenters. The Hall–Kier alpha value is -3.74. The van der Waals surface area contributed by atoms with E-state index in [0.29, 0.717) is 24.7 Å². The van der Waals surface area contributed by atoms with Crippen LogP contribution in [0.15, 0.2) is 77.7 Å². The number of ether oxygens (including phenoxy) is 1. The minimum Gasteiger partial charge on any atom is -0.497 e. The van der Waals surface area contributed by atoms with Crippen molar-refractivity contribution in [1.82, 2.24) is 19.2 Å².